The van der Waals surface area contributed by atoms with E-state index in [1.165, 1.54) is 0 Å². The SMILES string of the molecule is O=C(c1ccccc1)N1CCN(C[C@@H](O)COc2ccc(I)cc2)CC1. The Kier molecular flexibility index (Phi) is 6.87. The molecule has 1 aliphatic heterocycles. The highest BCUT2D eigenvalue weighted by Gasteiger charge is 2.23. The number of hydrogen-bond acceptors (Lipinski definition) is 4. The maximum absolute atomic E-state index is 12.4. The van der Waals surface area contributed by atoms with Crippen molar-refractivity contribution in [2.75, 3.05) is 39.3 Å². The minimum atomic E-state index is -0.550. The Morgan fingerprint density at radius 3 is 2.35 bits per heavy atom. The Bertz CT molecular complexity index is 701. The summed E-state index contributed by atoms with van der Waals surface area (Å²) < 4.78 is 6.79. The Labute approximate surface area is 167 Å². The molecule has 0 bridgehead atoms. The van der Waals surface area contributed by atoms with Gasteiger partial charge in [-0.15, -0.1) is 0 Å². The largest absolute Gasteiger partial charge is 0.491 e. The van der Waals surface area contributed by atoms with Crippen molar-refractivity contribution < 1.29 is 14.6 Å². The van der Waals surface area contributed by atoms with Crippen molar-refractivity contribution in [2.24, 2.45) is 0 Å². The minimum absolute atomic E-state index is 0.0767. The van der Waals surface area contributed by atoms with Gasteiger partial charge in [0.15, 0.2) is 0 Å². The summed E-state index contributed by atoms with van der Waals surface area (Å²) in [5, 5.41) is 10.2. The lowest BCUT2D eigenvalue weighted by Crippen LogP contribution is -2.50. The highest BCUT2D eigenvalue weighted by Crippen LogP contribution is 2.14. The van der Waals surface area contributed by atoms with Crippen LogP contribution >= 0.6 is 22.6 Å². The van der Waals surface area contributed by atoms with Gasteiger partial charge in [0.2, 0.25) is 0 Å². The normalized spacial score (nSPS) is 16.3. The molecule has 138 valence electrons. The fourth-order valence-electron chi connectivity index (χ4n) is 2.97. The molecule has 2 aromatic carbocycles. The van der Waals surface area contributed by atoms with E-state index >= 15 is 0 Å². The first kappa shape index (κ1) is 19.1. The Morgan fingerprint density at radius 2 is 1.69 bits per heavy atom. The first-order valence-corrected chi connectivity index (χ1v) is 9.83. The molecule has 1 amide bonds. The monoisotopic (exact) mass is 466 g/mol. The molecule has 1 N–H and O–H groups in total. The Hall–Kier alpha value is -1.64. The van der Waals surface area contributed by atoms with Crippen LogP contribution in [0.5, 0.6) is 5.75 Å². The van der Waals surface area contributed by atoms with Gasteiger partial charge in [-0.1, -0.05) is 18.2 Å². The lowest BCUT2D eigenvalue weighted by Gasteiger charge is -2.35. The van der Waals surface area contributed by atoms with E-state index in [0.29, 0.717) is 19.6 Å². The number of aliphatic hydroxyl groups excluding tert-OH is 1. The summed E-state index contributed by atoms with van der Waals surface area (Å²) in [5.41, 5.74) is 0.729. The third kappa shape index (κ3) is 5.43. The molecule has 5 nitrogen and oxygen atoms in total. The summed E-state index contributed by atoms with van der Waals surface area (Å²) in [6.07, 6.45) is -0.550. The summed E-state index contributed by atoms with van der Waals surface area (Å²) in [5.74, 6) is 0.843. The summed E-state index contributed by atoms with van der Waals surface area (Å²) in [6, 6.07) is 17.1. The molecule has 1 aliphatic rings. The lowest BCUT2D eigenvalue weighted by atomic mass is 10.2. The predicted octanol–water partition coefficient (Wildman–Crippen LogP) is 2.49. The molecule has 0 aromatic heterocycles. The van der Waals surface area contributed by atoms with Crippen LogP contribution in [0, 0.1) is 3.57 Å². The second-order valence-electron chi connectivity index (χ2n) is 6.38. The Morgan fingerprint density at radius 1 is 1.04 bits per heavy atom. The van der Waals surface area contributed by atoms with E-state index in [0.717, 1.165) is 28.0 Å². The highest BCUT2D eigenvalue weighted by atomic mass is 127. The van der Waals surface area contributed by atoms with Gasteiger partial charge in [-0.3, -0.25) is 9.69 Å². The number of carbonyl (C=O) groups excluding carboxylic acids is 1. The van der Waals surface area contributed by atoms with Crippen LogP contribution in [-0.2, 0) is 0 Å². The molecule has 3 rings (SSSR count). The van der Waals surface area contributed by atoms with Gasteiger partial charge in [-0.25, -0.2) is 0 Å². The van der Waals surface area contributed by atoms with Crippen molar-refractivity contribution >= 4 is 28.5 Å². The van der Waals surface area contributed by atoms with Crippen LogP contribution < -0.4 is 4.74 Å². The van der Waals surface area contributed by atoms with Crippen LogP contribution in [0.2, 0.25) is 0 Å². The number of ether oxygens (including phenoxy) is 1. The maximum atomic E-state index is 12.4. The van der Waals surface area contributed by atoms with E-state index in [1.807, 2.05) is 59.5 Å². The molecule has 1 atom stereocenters. The summed E-state index contributed by atoms with van der Waals surface area (Å²) in [7, 11) is 0. The van der Waals surface area contributed by atoms with Crippen LogP contribution in [0.4, 0.5) is 0 Å². The van der Waals surface area contributed by atoms with Gasteiger partial charge in [0.1, 0.15) is 18.5 Å². The van der Waals surface area contributed by atoms with E-state index in [1.54, 1.807) is 0 Å². The number of aliphatic hydroxyl groups is 1. The number of piperazine rings is 1. The third-order valence-corrected chi connectivity index (χ3v) is 5.12. The maximum Gasteiger partial charge on any atom is 0.253 e. The van der Waals surface area contributed by atoms with Crippen LogP contribution in [0.3, 0.4) is 0 Å². The fourth-order valence-corrected chi connectivity index (χ4v) is 3.33. The quantitative estimate of drug-likeness (QED) is 0.665. The molecule has 0 radical (unpaired) electrons. The van der Waals surface area contributed by atoms with Gasteiger partial charge in [-0.2, -0.15) is 0 Å². The van der Waals surface area contributed by atoms with Crippen LogP contribution in [-0.4, -0.2) is 66.2 Å². The van der Waals surface area contributed by atoms with Gasteiger partial charge in [0.05, 0.1) is 0 Å². The average Bonchev–Trinajstić information content (AvgIpc) is 2.68. The first-order valence-electron chi connectivity index (χ1n) is 8.75. The molecular formula is C20H23IN2O3. The van der Waals surface area contributed by atoms with Crippen molar-refractivity contribution in [1.29, 1.82) is 0 Å². The third-order valence-electron chi connectivity index (χ3n) is 4.41. The summed E-state index contributed by atoms with van der Waals surface area (Å²) in [6.45, 7) is 3.71. The van der Waals surface area contributed by atoms with E-state index in [9.17, 15) is 9.90 Å². The predicted molar refractivity (Wildman–Crippen MR) is 109 cm³/mol. The van der Waals surface area contributed by atoms with E-state index < -0.39 is 6.10 Å². The zero-order valence-corrected chi connectivity index (χ0v) is 16.7. The van der Waals surface area contributed by atoms with E-state index in [4.69, 9.17) is 4.74 Å². The molecule has 6 heteroatoms. The zero-order chi connectivity index (χ0) is 18.4. The number of β-amino-alcohol motifs (C(OH)–C–C–N with tert-alkyl or cyclic N) is 1. The van der Waals surface area contributed by atoms with Gasteiger partial charge in [-0.05, 0) is 59.0 Å². The van der Waals surface area contributed by atoms with Crippen molar-refractivity contribution in [3.05, 3.63) is 63.7 Å². The summed E-state index contributed by atoms with van der Waals surface area (Å²) >= 11 is 2.25. The number of rotatable bonds is 6. The van der Waals surface area contributed by atoms with Crippen molar-refractivity contribution in [3.8, 4) is 5.75 Å². The number of amides is 1. The zero-order valence-electron chi connectivity index (χ0n) is 14.6. The molecule has 0 aliphatic carbocycles. The summed E-state index contributed by atoms with van der Waals surface area (Å²) in [4.78, 5) is 16.5. The molecule has 0 spiro atoms. The smallest absolute Gasteiger partial charge is 0.253 e. The molecule has 26 heavy (non-hydrogen) atoms. The van der Waals surface area contributed by atoms with E-state index in [2.05, 4.69) is 27.5 Å². The molecule has 1 heterocycles. The number of halogens is 1. The second kappa shape index (κ2) is 9.34. The average molecular weight is 466 g/mol. The van der Waals surface area contributed by atoms with Crippen LogP contribution in [0.25, 0.3) is 0 Å². The molecular weight excluding hydrogens is 443 g/mol. The van der Waals surface area contributed by atoms with Crippen LogP contribution in [0.1, 0.15) is 10.4 Å². The fraction of sp³-hybridized carbons (Fsp3) is 0.350. The molecule has 0 saturated carbocycles. The van der Waals surface area contributed by atoms with E-state index in [-0.39, 0.29) is 12.5 Å². The highest BCUT2D eigenvalue weighted by molar-refractivity contribution is 14.1. The topological polar surface area (TPSA) is 53.0 Å². The van der Waals surface area contributed by atoms with Crippen LogP contribution in [0.15, 0.2) is 54.6 Å². The standard InChI is InChI=1S/C20H23IN2O3/c21-17-6-8-19(9-7-17)26-15-18(24)14-22-10-12-23(13-11-22)20(25)16-4-2-1-3-5-16/h1-9,18,24H,10-15H2/t18-/m1/s1. The minimum Gasteiger partial charge on any atom is -0.491 e. The van der Waals surface area contributed by atoms with Crippen molar-refractivity contribution in [3.63, 3.8) is 0 Å². The Balaban J connectivity index is 1.40. The number of carbonyl (C=O) groups is 1. The van der Waals surface area contributed by atoms with Gasteiger partial charge in [0, 0.05) is 41.9 Å². The molecule has 0 unspecified atom stereocenters. The molecule has 1 saturated heterocycles. The first-order chi connectivity index (χ1) is 12.6. The number of hydrogen-bond donors (Lipinski definition) is 1. The van der Waals surface area contributed by atoms with Gasteiger partial charge >= 0.3 is 0 Å². The molecule has 2 aromatic rings. The van der Waals surface area contributed by atoms with Gasteiger partial charge < -0.3 is 14.7 Å². The van der Waals surface area contributed by atoms with Crippen molar-refractivity contribution in [1.82, 2.24) is 9.80 Å². The lowest BCUT2D eigenvalue weighted by molar-refractivity contribution is 0.0403. The number of benzene rings is 2. The number of nitrogens with zero attached hydrogens (tertiary/aromatic N) is 2. The second-order valence-corrected chi connectivity index (χ2v) is 7.62. The van der Waals surface area contributed by atoms with Gasteiger partial charge in [0.25, 0.3) is 5.91 Å². The van der Waals surface area contributed by atoms with Crippen molar-refractivity contribution in [2.45, 2.75) is 6.10 Å². The molecule has 1 fully saturated rings.